The highest BCUT2D eigenvalue weighted by atomic mass is 32.1. The molecule has 5 nitrogen and oxygen atoms in total. The molecule has 3 aromatic rings. The van der Waals surface area contributed by atoms with Gasteiger partial charge in [-0.25, -0.2) is 0 Å². The fourth-order valence-electron chi connectivity index (χ4n) is 1.88. The highest BCUT2D eigenvalue weighted by Gasteiger charge is 2.13. The van der Waals surface area contributed by atoms with Gasteiger partial charge < -0.3 is 4.42 Å². The summed E-state index contributed by atoms with van der Waals surface area (Å²) in [5.74, 6) is 0.143. The van der Waals surface area contributed by atoms with Crippen molar-refractivity contribution in [3.8, 4) is 10.8 Å². The number of aromatic nitrogens is 2. The molecule has 6 heteroatoms. The third kappa shape index (κ3) is 3.00. The molecule has 3 rings (SSSR count). The summed E-state index contributed by atoms with van der Waals surface area (Å²) in [6.45, 7) is 3.94. The molecule has 0 bridgehead atoms. The number of aryl methyl sites for hydroxylation is 2. The SMILES string of the molecule is Cc1cccc(C(=O)Nc2nnc(-c3ccc(C)s3)o2)c1. The van der Waals surface area contributed by atoms with Gasteiger partial charge in [0.15, 0.2) is 0 Å². The second-order valence-electron chi connectivity index (χ2n) is 4.65. The van der Waals surface area contributed by atoms with Gasteiger partial charge in [-0.15, -0.1) is 16.4 Å². The first-order valence-corrected chi connectivity index (χ1v) is 7.22. The van der Waals surface area contributed by atoms with Gasteiger partial charge in [-0.1, -0.05) is 22.8 Å². The number of carbonyl (C=O) groups excluding carboxylic acids is 1. The highest BCUT2D eigenvalue weighted by Crippen LogP contribution is 2.27. The number of anilines is 1. The lowest BCUT2D eigenvalue weighted by atomic mass is 10.1. The van der Waals surface area contributed by atoms with E-state index in [1.807, 2.05) is 38.1 Å². The first-order chi connectivity index (χ1) is 10.1. The smallest absolute Gasteiger partial charge is 0.322 e. The van der Waals surface area contributed by atoms with Crippen molar-refractivity contribution in [3.63, 3.8) is 0 Å². The molecule has 2 heterocycles. The van der Waals surface area contributed by atoms with E-state index in [-0.39, 0.29) is 11.9 Å². The lowest BCUT2D eigenvalue weighted by Gasteiger charge is -2.01. The van der Waals surface area contributed by atoms with Gasteiger partial charge in [-0.05, 0) is 38.1 Å². The average molecular weight is 299 g/mol. The van der Waals surface area contributed by atoms with Crippen molar-refractivity contribution in [2.45, 2.75) is 13.8 Å². The number of carbonyl (C=O) groups is 1. The summed E-state index contributed by atoms with van der Waals surface area (Å²) in [5, 5.41) is 10.4. The molecule has 0 aliphatic rings. The lowest BCUT2D eigenvalue weighted by molar-refractivity contribution is 0.102. The van der Waals surface area contributed by atoms with Crippen LogP contribution >= 0.6 is 11.3 Å². The molecule has 21 heavy (non-hydrogen) atoms. The van der Waals surface area contributed by atoms with Crippen molar-refractivity contribution < 1.29 is 9.21 Å². The first-order valence-electron chi connectivity index (χ1n) is 6.40. The van der Waals surface area contributed by atoms with E-state index < -0.39 is 0 Å². The predicted molar refractivity (Wildman–Crippen MR) is 81.5 cm³/mol. The van der Waals surface area contributed by atoms with Crippen molar-refractivity contribution in [2.75, 3.05) is 5.32 Å². The van der Waals surface area contributed by atoms with Gasteiger partial charge in [0.2, 0.25) is 0 Å². The summed E-state index contributed by atoms with van der Waals surface area (Å²) in [7, 11) is 0. The van der Waals surface area contributed by atoms with E-state index in [9.17, 15) is 4.79 Å². The van der Waals surface area contributed by atoms with Gasteiger partial charge in [0.25, 0.3) is 11.8 Å². The van der Waals surface area contributed by atoms with E-state index >= 15 is 0 Å². The van der Waals surface area contributed by atoms with E-state index in [0.29, 0.717) is 11.5 Å². The Morgan fingerprint density at radius 2 is 2.05 bits per heavy atom. The highest BCUT2D eigenvalue weighted by molar-refractivity contribution is 7.15. The number of benzene rings is 1. The minimum Gasteiger partial charge on any atom is -0.402 e. The second-order valence-corrected chi connectivity index (χ2v) is 5.93. The lowest BCUT2D eigenvalue weighted by Crippen LogP contribution is -2.12. The molecule has 0 radical (unpaired) electrons. The van der Waals surface area contributed by atoms with Gasteiger partial charge in [0.05, 0.1) is 4.88 Å². The summed E-state index contributed by atoms with van der Waals surface area (Å²) >= 11 is 1.56. The van der Waals surface area contributed by atoms with Gasteiger partial charge in [0.1, 0.15) is 0 Å². The summed E-state index contributed by atoms with van der Waals surface area (Å²) < 4.78 is 5.46. The molecule has 0 spiro atoms. The Balaban J connectivity index is 1.77. The quantitative estimate of drug-likeness (QED) is 0.801. The summed E-state index contributed by atoms with van der Waals surface area (Å²) in [4.78, 5) is 14.1. The molecule has 2 aromatic heterocycles. The van der Waals surface area contributed by atoms with E-state index in [1.54, 1.807) is 23.5 Å². The minimum atomic E-state index is -0.267. The zero-order chi connectivity index (χ0) is 14.8. The zero-order valence-corrected chi connectivity index (χ0v) is 12.4. The Morgan fingerprint density at radius 3 is 2.76 bits per heavy atom. The van der Waals surface area contributed by atoms with Crippen molar-refractivity contribution in [3.05, 3.63) is 52.4 Å². The van der Waals surface area contributed by atoms with Crippen LogP contribution in [0.3, 0.4) is 0 Å². The third-order valence-electron chi connectivity index (χ3n) is 2.88. The molecule has 0 aliphatic carbocycles. The number of nitrogens with zero attached hydrogens (tertiary/aromatic N) is 2. The summed E-state index contributed by atoms with van der Waals surface area (Å²) in [6.07, 6.45) is 0. The Labute approximate surface area is 125 Å². The molecule has 1 N–H and O–H groups in total. The Hall–Kier alpha value is -2.47. The number of hydrogen-bond donors (Lipinski definition) is 1. The zero-order valence-electron chi connectivity index (χ0n) is 11.6. The molecule has 106 valence electrons. The number of rotatable bonds is 3. The average Bonchev–Trinajstić information content (AvgIpc) is 3.07. The Kier molecular flexibility index (Phi) is 3.53. The van der Waals surface area contributed by atoms with Crippen LogP contribution in [0.1, 0.15) is 20.8 Å². The van der Waals surface area contributed by atoms with Gasteiger partial charge in [-0.3, -0.25) is 10.1 Å². The summed E-state index contributed by atoms with van der Waals surface area (Å²) in [6, 6.07) is 11.3. The molecule has 1 aromatic carbocycles. The van der Waals surface area contributed by atoms with E-state index in [0.717, 1.165) is 15.3 Å². The maximum absolute atomic E-state index is 12.1. The van der Waals surface area contributed by atoms with Crippen LogP contribution < -0.4 is 5.32 Å². The number of nitrogens with one attached hydrogen (secondary N) is 1. The molecule has 0 aliphatic heterocycles. The topological polar surface area (TPSA) is 68.0 Å². The van der Waals surface area contributed by atoms with Crippen LogP contribution in [-0.4, -0.2) is 16.1 Å². The monoisotopic (exact) mass is 299 g/mol. The van der Waals surface area contributed by atoms with Crippen LogP contribution in [0.25, 0.3) is 10.8 Å². The van der Waals surface area contributed by atoms with Crippen LogP contribution in [0.15, 0.2) is 40.8 Å². The Morgan fingerprint density at radius 1 is 1.19 bits per heavy atom. The number of amides is 1. The van der Waals surface area contributed by atoms with Crippen LogP contribution in [0.2, 0.25) is 0 Å². The molecule has 0 saturated heterocycles. The summed E-state index contributed by atoms with van der Waals surface area (Å²) in [5.41, 5.74) is 1.57. The molecule has 0 saturated carbocycles. The van der Waals surface area contributed by atoms with Crippen molar-refractivity contribution in [1.82, 2.24) is 10.2 Å². The molecule has 1 amide bonds. The second kappa shape index (κ2) is 5.49. The number of hydrogen-bond acceptors (Lipinski definition) is 5. The molecule has 0 atom stereocenters. The molecule has 0 unspecified atom stereocenters. The standard InChI is InChI=1S/C15H13N3O2S/c1-9-4-3-5-11(8-9)13(19)16-15-18-17-14(20-15)12-7-6-10(2)21-12/h3-8H,1-2H3,(H,16,18,19). The van der Waals surface area contributed by atoms with Gasteiger partial charge in [0, 0.05) is 10.4 Å². The minimum absolute atomic E-state index is 0.0996. The molecule has 0 fully saturated rings. The largest absolute Gasteiger partial charge is 0.402 e. The van der Waals surface area contributed by atoms with Crippen LogP contribution in [0, 0.1) is 13.8 Å². The van der Waals surface area contributed by atoms with E-state index in [1.165, 1.54) is 0 Å². The first kappa shape index (κ1) is 13.5. The maximum atomic E-state index is 12.1. The van der Waals surface area contributed by atoms with Crippen molar-refractivity contribution >= 4 is 23.3 Å². The van der Waals surface area contributed by atoms with E-state index in [4.69, 9.17) is 4.42 Å². The maximum Gasteiger partial charge on any atom is 0.322 e. The van der Waals surface area contributed by atoms with Crippen LogP contribution in [0.4, 0.5) is 6.01 Å². The third-order valence-corrected chi connectivity index (χ3v) is 3.87. The fraction of sp³-hybridized carbons (Fsp3) is 0.133. The van der Waals surface area contributed by atoms with Crippen LogP contribution in [-0.2, 0) is 0 Å². The van der Waals surface area contributed by atoms with Crippen molar-refractivity contribution in [2.24, 2.45) is 0 Å². The Bertz CT molecular complexity index is 792. The normalized spacial score (nSPS) is 10.6. The van der Waals surface area contributed by atoms with Gasteiger partial charge in [-0.2, -0.15) is 0 Å². The molecular weight excluding hydrogens is 286 g/mol. The van der Waals surface area contributed by atoms with Crippen LogP contribution in [0.5, 0.6) is 0 Å². The molecular formula is C15H13N3O2S. The number of thiophene rings is 1. The fourth-order valence-corrected chi connectivity index (χ4v) is 2.67. The predicted octanol–water partition coefficient (Wildman–Crippen LogP) is 3.67. The van der Waals surface area contributed by atoms with Gasteiger partial charge >= 0.3 is 6.01 Å². The van der Waals surface area contributed by atoms with E-state index in [2.05, 4.69) is 15.5 Å². The van der Waals surface area contributed by atoms with Crippen molar-refractivity contribution in [1.29, 1.82) is 0 Å².